The highest BCUT2D eigenvalue weighted by Crippen LogP contribution is 2.42. The predicted molar refractivity (Wildman–Crippen MR) is 63.4 cm³/mol. The number of aromatic nitrogens is 3. The lowest BCUT2D eigenvalue weighted by atomic mass is 10.1. The summed E-state index contributed by atoms with van der Waals surface area (Å²) in [6.45, 7) is 2.62. The molecule has 84 valence electrons. The molecule has 3 N–H and O–H groups in total. The number of fused-ring (bicyclic) bond motifs is 1. The van der Waals surface area contributed by atoms with Gasteiger partial charge in [-0.15, -0.1) is 0 Å². The molecule has 0 aromatic carbocycles. The normalized spacial score (nSPS) is 15.9. The standard InChI is InChI=1S/C12H16N4/c1-7-15-11(8-2-3-8)10-9(4-5-13)6-14-12(10)16-7/h6,8H,2-5,13H2,1H3,(H,14,15,16). The van der Waals surface area contributed by atoms with Crippen molar-refractivity contribution < 1.29 is 0 Å². The Balaban J connectivity index is 2.22. The largest absolute Gasteiger partial charge is 0.346 e. The van der Waals surface area contributed by atoms with E-state index in [1.165, 1.54) is 29.5 Å². The summed E-state index contributed by atoms with van der Waals surface area (Å²) in [5.41, 5.74) is 9.09. The third-order valence-corrected chi connectivity index (χ3v) is 3.13. The molecule has 2 aromatic heterocycles. The van der Waals surface area contributed by atoms with Crippen molar-refractivity contribution in [2.24, 2.45) is 5.73 Å². The molecule has 1 aliphatic rings. The Hall–Kier alpha value is -1.42. The van der Waals surface area contributed by atoms with Crippen molar-refractivity contribution >= 4 is 11.0 Å². The average Bonchev–Trinajstić information content (AvgIpc) is 3.02. The van der Waals surface area contributed by atoms with Crippen LogP contribution in [-0.2, 0) is 6.42 Å². The second kappa shape index (κ2) is 3.56. The highest BCUT2D eigenvalue weighted by Gasteiger charge is 2.28. The van der Waals surface area contributed by atoms with Crippen LogP contribution in [0.4, 0.5) is 0 Å². The minimum absolute atomic E-state index is 0.650. The molecule has 3 rings (SSSR count). The molecule has 2 aromatic rings. The van der Waals surface area contributed by atoms with Gasteiger partial charge >= 0.3 is 0 Å². The maximum Gasteiger partial charge on any atom is 0.141 e. The number of rotatable bonds is 3. The third-order valence-electron chi connectivity index (χ3n) is 3.13. The summed E-state index contributed by atoms with van der Waals surface area (Å²) in [5, 5.41) is 1.22. The van der Waals surface area contributed by atoms with Crippen LogP contribution < -0.4 is 5.73 Å². The monoisotopic (exact) mass is 216 g/mol. The van der Waals surface area contributed by atoms with E-state index < -0.39 is 0 Å². The Morgan fingerprint density at radius 2 is 2.25 bits per heavy atom. The van der Waals surface area contributed by atoms with E-state index in [0.29, 0.717) is 12.5 Å². The fourth-order valence-electron chi connectivity index (χ4n) is 2.25. The number of nitrogens with two attached hydrogens (primary N) is 1. The quantitative estimate of drug-likeness (QED) is 0.819. The maximum absolute atomic E-state index is 5.63. The Morgan fingerprint density at radius 3 is 2.94 bits per heavy atom. The molecule has 1 saturated carbocycles. The van der Waals surface area contributed by atoms with Gasteiger partial charge in [0.2, 0.25) is 0 Å². The van der Waals surface area contributed by atoms with Crippen molar-refractivity contribution in [2.45, 2.75) is 32.1 Å². The van der Waals surface area contributed by atoms with E-state index in [0.717, 1.165) is 17.9 Å². The number of nitrogens with one attached hydrogen (secondary N) is 1. The maximum atomic E-state index is 5.63. The van der Waals surface area contributed by atoms with Gasteiger partial charge in [-0.3, -0.25) is 0 Å². The molecule has 0 amide bonds. The van der Waals surface area contributed by atoms with Crippen LogP contribution in [0.5, 0.6) is 0 Å². The van der Waals surface area contributed by atoms with Crippen LogP contribution in [0.25, 0.3) is 11.0 Å². The SMILES string of the molecule is Cc1nc(C2CC2)c2c(CCN)c[nH]c2n1. The lowest BCUT2D eigenvalue weighted by Gasteiger charge is -2.04. The van der Waals surface area contributed by atoms with Crippen molar-refractivity contribution in [3.8, 4) is 0 Å². The molecule has 16 heavy (non-hydrogen) atoms. The Bertz CT molecular complexity index is 525. The third kappa shape index (κ3) is 1.50. The minimum Gasteiger partial charge on any atom is -0.346 e. The van der Waals surface area contributed by atoms with E-state index in [9.17, 15) is 0 Å². The summed E-state index contributed by atoms with van der Waals surface area (Å²) in [7, 11) is 0. The molecule has 0 atom stereocenters. The molecule has 0 saturated heterocycles. The number of H-pyrrole nitrogens is 1. The Labute approximate surface area is 94.3 Å². The Kier molecular flexibility index (Phi) is 2.17. The van der Waals surface area contributed by atoms with Gasteiger partial charge in [0.25, 0.3) is 0 Å². The van der Waals surface area contributed by atoms with E-state index in [4.69, 9.17) is 5.73 Å². The first-order valence-electron chi connectivity index (χ1n) is 5.84. The number of aromatic amines is 1. The first kappa shape index (κ1) is 9.78. The van der Waals surface area contributed by atoms with Crippen molar-refractivity contribution in [1.82, 2.24) is 15.0 Å². The van der Waals surface area contributed by atoms with Crippen LogP contribution in [0.15, 0.2) is 6.20 Å². The molecule has 0 radical (unpaired) electrons. The number of nitrogens with zero attached hydrogens (tertiary/aromatic N) is 2. The van der Waals surface area contributed by atoms with Gasteiger partial charge in [-0.25, -0.2) is 9.97 Å². The van der Waals surface area contributed by atoms with E-state index in [1.807, 2.05) is 13.1 Å². The van der Waals surface area contributed by atoms with E-state index in [-0.39, 0.29) is 0 Å². The summed E-state index contributed by atoms with van der Waals surface area (Å²) in [4.78, 5) is 12.3. The van der Waals surface area contributed by atoms with E-state index in [2.05, 4.69) is 15.0 Å². The molecule has 0 unspecified atom stereocenters. The molecular weight excluding hydrogens is 200 g/mol. The predicted octanol–water partition coefficient (Wildman–Crippen LogP) is 1.64. The second-order valence-electron chi connectivity index (χ2n) is 4.51. The molecule has 0 aliphatic heterocycles. The lowest BCUT2D eigenvalue weighted by Crippen LogP contribution is -2.03. The van der Waals surface area contributed by atoms with Crippen molar-refractivity contribution in [3.63, 3.8) is 0 Å². The van der Waals surface area contributed by atoms with Crippen LogP contribution in [-0.4, -0.2) is 21.5 Å². The van der Waals surface area contributed by atoms with Crippen molar-refractivity contribution in [3.05, 3.63) is 23.3 Å². The van der Waals surface area contributed by atoms with Crippen LogP contribution in [0.2, 0.25) is 0 Å². The van der Waals surface area contributed by atoms with Gasteiger partial charge < -0.3 is 10.7 Å². The van der Waals surface area contributed by atoms with Crippen LogP contribution >= 0.6 is 0 Å². The highest BCUT2D eigenvalue weighted by molar-refractivity contribution is 5.83. The molecular formula is C12H16N4. The molecule has 1 aliphatic carbocycles. The van der Waals surface area contributed by atoms with E-state index in [1.54, 1.807) is 0 Å². The molecule has 2 heterocycles. The van der Waals surface area contributed by atoms with Gasteiger partial charge in [0, 0.05) is 17.5 Å². The van der Waals surface area contributed by atoms with Gasteiger partial charge in [-0.05, 0) is 38.3 Å². The van der Waals surface area contributed by atoms with Gasteiger partial charge in [0.1, 0.15) is 11.5 Å². The second-order valence-corrected chi connectivity index (χ2v) is 4.51. The first-order chi connectivity index (χ1) is 7.79. The number of hydrogen-bond donors (Lipinski definition) is 2. The summed E-state index contributed by atoms with van der Waals surface area (Å²) in [6.07, 6.45) is 5.45. The van der Waals surface area contributed by atoms with Crippen LogP contribution in [0, 0.1) is 6.92 Å². The molecule has 0 spiro atoms. The summed E-state index contributed by atoms with van der Waals surface area (Å²) >= 11 is 0. The molecule has 0 bridgehead atoms. The average molecular weight is 216 g/mol. The molecule has 1 fully saturated rings. The number of hydrogen-bond acceptors (Lipinski definition) is 3. The van der Waals surface area contributed by atoms with Crippen LogP contribution in [0.3, 0.4) is 0 Å². The first-order valence-corrected chi connectivity index (χ1v) is 5.84. The summed E-state index contributed by atoms with van der Waals surface area (Å²) in [6, 6.07) is 0. The smallest absolute Gasteiger partial charge is 0.141 e. The van der Waals surface area contributed by atoms with Gasteiger partial charge in [-0.2, -0.15) is 0 Å². The van der Waals surface area contributed by atoms with Crippen LogP contribution in [0.1, 0.15) is 35.8 Å². The zero-order valence-electron chi connectivity index (χ0n) is 9.45. The zero-order valence-corrected chi connectivity index (χ0v) is 9.45. The number of aryl methyl sites for hydroxylation is 1. The molecule has 4 nitrogen and oxygen atoms in total. The highest BCUT2D eigenvalue weighted by atomic mass is 15.0. The zero-order chi connectivity index (χ0) is 11.1. The Morgan fingerprint density at radius 1 is 1.44 bits per heavy atom. The van der Waals surface area contributed by atoms with Gasteiger partial charge in [-0.1, -0.05) is 0 Å². The lowest BCUT2D eigenvalue weighted by molar-refractivity contribution is 0.952. The van der Waals surface area contributed by atoms with Gasteiger partial charge in [0.15, 0.2) is 0 Å². The van der Waals surface area contributed by atoms with E-state index >= 15 is 0 Å². The minimum atomic E-state index is 0.650. The molecule has 4 heteroatoms. The topological polar surface area (TPSA) is 67.6 Å². The fourth-order valence-corrected chi connectivity index (χ4v) is 2.25. The summed E-state index contributed by atoms with van der Waals surface area (Å²) < 4.78 is 0. The fraction of sp³-hybridized carbons (Fsp3) is 0.500. The van der Waals surface area contributed by atoms with Crippen molar-refractivity contribution in [2.75, 3.05) is 6.54 Å². The summed E-state index contributed by atoms with van der Waals surface area (Å²) in [5.74, 6) is 1.51. The van der Waals surface area contributed by atoms with Gasteiger partial charge in [0.05, 0.1) is 5.69 Å². The van der Waals surface area contributed by atoms with Crippen molar-refractivity contribution in [1.29, 1.82) is 0 Å².